The lowest BCUT2D eigenvalue weighted by atomic mass is 10.1. The Morgan fingerprint density at radius 2 is 2.12 bits per heavy atom. The van der Waals surface area contributed by atoms with E-state index in [1.807, 2.05) is 0 Å². The minimum atomic E-state index is 0.713. The van der Waals surface area contributed by atoms with Crippen molar-refractivity contribution in [1.29, 1.82) is 0 Å². The molecular weight excluding hydrogens is 208 g/mol. The van der Waals surface area contributed by atoms with Crippen LogP contribution < -0.4 is 5.32 Å². The summed E-state index contributed by atoms with van der Waals surface area (Å²) in [6, 6.07) is 11.5. The van der Waals surface area contributed by atoms with E-state index in [9.17, 15) is 0 Å². The Hall–Kier alpha value is -0.860. The molecule has 0 aliphatic carbocycles. The third-order valence-electron chi connectivity index (χ3n) is 3.43. The van der Waals surface area contributed by atoms with E-state index in [0.717, 1.165) is 6.54 Å². The molecule has 1 atom stereocenters. The zero-order valence-electron chi connectivity index (χ0n) is 10.9. The van der Waals surface area contributed by atoms with Crippen molar-refractivity contribution in [3.8, 4) is 0 Å². The number of hydrogen-bond donors (Lipinski definition) is 1. The SMILES string of the molecule is CCCN(Cc1ccccc1)C[C@@H]1CCCN1. The Kier molecular flexibility index (Phi) is 5.02. The van der Waals surface area contributed by atoms with Gasteiger partial charge < -0.3 is 5.32 Å². The van der Waals surface area contributed by atoms with Gasteiger partial charge in [-0.25, -0.2) is 0 Å². The zero-order valence-corrected chi connectivity index (χ0v) is 10.9. The molecule has 1 saturated heterocycles. The van der Waals surface area contributed by atoms with Crippen molar-refractivity contribution >= 4 is 0 Å². The minimum absolute atomic E-state index is 0.713. The highest BCUT2D eigenvalue weighted by Crippen LogP contribution is 2.10. The van der Waals surface area contributed by atoms with Crippen LogP contribution in [0.3, 0.4) is 0 Å². The third kappa shape index (κ3) is 4.14. The van der Waals surface area contributed by atoms with Crippen molar-refractivity contribution in [3.63, 3.8) is 0 Å². The summed E-state index contributed by atoms with van der Waals surface area (Å²) in [7, 11) is 0. The van der Waals surface area contributed by atoms with Gasteiger partial charge in [-0.15, -0.1) is 0 Å². The molecule has 1 aliphatic rings. The van der Waals surface area contributed by atoms with E-state index < -0.39 is 0 Å². The van der Waals surface area contributed by atoms with Gasteiger partial charge in [-0.05, 0) is 37.9 Å². The van der Waals surface area contributed by atoms with Gasteiger partial charge >= 0.3 is 0 Å². The van der Waals surface area contributed by atoms with Crippen LogP contribution in [0.1, 0.15) is 31.7 Å². The summed E-state index contributed by atoms with van der Waals surface area (Å²) < 4.78 is 0. The molecule has 1 fully saturated rings. The summed E-state index contributed by atoms with van der Waals surface area (Å²) in [5, 5.41) is 3.59. The summed E-state index contributed by atoms with van der Waals surface area (Å²) in [6.45, 7) is 6.96. The van der Waals surface area contributed by atoms with Crippen molar-refractivity contribution in [2.24, 2.45) is 0 Å². The summed E-state index contributed by atoms with van der Waals surface area (Å²) in [5.41, 5.74) is 1.43. The summed E-state index contributed by atoms with van der Waals surface area (Å²) in [4.78, 5) is 2.58. The van der Waals surface area contributed by atoms with Crippen LogP contribution in [0.4, 0.5) is 0 Å². The number of nitrogens with zero attached hydrogens (tertiary/aromatic N) is 1. The molecule has 1 heterocycles. The second-order valence-corrected chi connectivity index (χ2v) is 5.01. The largest absolute Gasteiger partial charge is 0.313 e. The monoisotopic (exact) mass is 232 g/mol. The second kappa shape index (κ2) is 6.77. The van der Waals surface area contributed by atoms with Crippen molar-refractivity contribution in [3.05, 3.63) is 35.9 Å². The lowest BCUT2D eigenvalue weighted by Crippen LogP contribution is -2.37. The maximum absolute atomic E-state index is 3.59. The van der Waals surface area contributed by atoms with Crippen LogP contribution in [0.25, 0.3) is 0 Å². The predicted octanol–water partition coefficient (Wildman–Crippen LogP) is 2.65. The lowest BCUT2D eigenvalue weighted by molar-refractivity contribution is 0.241. The van der Waals surface area contributed by atoms with Crippen molar-refractivity contribution in [2.75, 3.05) is 19.6 Å². The van der Waals surface area contributed by atoms with E-state index in [1.54, 1.807) is 0 Å². The van der Waals surface area contributed by atoms with Gasteiger partial charge in [0.25, 0.3) is 0 Å². The van der Waals surface area contributed by atoms with Gasteiger partial charge in [-0.1, -0.05) is 37.3 Å². The van der Waals surface area contributed by atoms with E-state index in [0.29, 0.717) is 6.04 Å². The van der Waals surface area contributed by atoms with Crippen LogP contribution in [-0.2, 0) is 6.54 Å². The van der Waals surface area contributed by atoms with Crippen molar-refractivity contribution in [1.82, 2.24) is 10.2 Å². The Bertz CT molecular complexity index is 304. The van der Waals surface area contributed by atoms with Crippen LogP contribution in [-0.4, -0.2) is 30.6 Å². The summed E-state index contributed by atoms with van der Waals surface area (Å²) in [6.07, 6.45) is 3.92. The molecule has 2 rings (SSSR count). The molecule has 2 heteroatoms. The molecule has 0 bridgehead atoms. The molecule has 1 aromatic carbocycles. The minimum Gasteiger partial charge on any atom is -0.313 e. The Balaban J connectivity index is 1.87. The van der Waals surface area contributed by atoms with E-state index >= 15 is 0 Å². The first-order valence-electron chi connectivity index (χ1n) is 6.88. The molecule has 1 N–H and O–H groups in total. The summed E-state index contributed by atoms with van der Waals surface area (Å²) >= 11 is 0. The first-order chi connectivity index (χ1) is 8.38. The molecule has 1 aliphatic heterocycles. The van der Waals surface area contributed by atoms with Gasteiger partial charge in [-0.2, -0.15) is 0 Å². The lowest BCUT2D eigenvalue weighted by Gasteiger charge is -2.25. The molecule has 0 aromatic heterocycles. The molecule has 0 amide bonds. The fourth-order valence-electron chi connectivity index (χ4n) is 2.62. The Morgan fingerprint density at radius 1 is 1.29 bits per heavy atom. The first-order valence-corrected chi connectivity index (χ1v) is 6.88. The zero-order chi connectivity index (χ0) is 11.9. The third-order valence-corrected chi connectivity index (χ3v) is 3.43. The van der Waals surface area contributed by atoms with Crippen LogP contribution in [0.5, 0.6) is 0 Å². The standard InChI is InChI=1S/C15H24N2/c1-2-11-17(13-15-9-6-10-16-15)12-14-7-4-3-5-8-14/h3-5,7-8,15-16H,2,6,9-13H2,1H3/t15-/m0/s1. The van der Waals surface area contributed by atoms with Crippen LogP contribution >= 0.6 is 0 Å². The highest BCUT2D eigenvalue weighted by atomic mass is 15.1. The molecule has 1 aromatic rings. The quantitative estimate of drug-likeness (QED) is 0.811. The highest BCUT2D eigenvalue weighted by molar-refractivity contribution is 5.14. The summed E-state index contributed by atoms with van der Waals surface area (Å²) in [5.74, 6) is 0. The van der Waals surface area contributed by atoms with Crippen LogP contribution in [0.2, 0.25) is 0 Å². The number of nitrogens with one attached hydrogen (secondary N) is 1. The molecular formula is C15H24N2. The highest BCUT2D eigenvalue weighted by Gasteiger charge is 2.17. The fourth-order valence-corrected chi connectivity index (χ4v) is 2.62. The smallest absolute Gasteiger partial charge is 0.0234 e. The molecule has 2 nitrogen and oxygen atoms in total. The van der Waals surface area contributed by atoms with Gasteiger partial charge in [0.15, 0.2) is 0 Å². The molecule has 0 saturated carbocycles. The van der Waals surface area contributed by atoms with Gasteiger partial charge in [0.2, 0.25) is 0 Å². The fraction of sp³-hybridized carbons (Fsp3) is 0.600. The molecule has 17 heavy (non-hydrogen) atoms. The average Bonchev–Trinajstić information content (AvgIpc) is 2.83. The van der Waals surface area contributed by atoms with Crippen LogP contribution in [0.15, 0.2) is 30.3 Å². The topological polar surface area (TPSA) is 15.3 Å². The maximum atomic E-state index is 3.59. The molecule has 0 spiro atoms. The number of rotatable bonds is 6. The molecule has 94 valence electrons. The van der Waals surface area contributed by atoms with E-state index in [2.05, 4.69) is 47.5 Å². The average molecular weight is 232 g/mol. The van der Waals surface area contributed by atoms with Gasteiger partial charge in [0.1, 0.15) is 0 Å². The van der Waals surface area contributed by atoms with Gasteiger partial charge in [0, 0.05) is 19.1 Å². The molecule has 0 radical (unpaired) electrons. The van der Waals surface area contributed by atoms with Crippen LogP contribution in [0, 0.1) is 0 Å². The Labute approximate surface area is 105 Å². The Morgan fingerprint density at radius 3 is 2.76 bits per heavy atom. The molecule has 0 unspecified atom stereocenters. The van der Waals surface area contributed by atoms with Gasteiger partial charge in [0.05, 0.1) is 0 Å². The van der Waals surface area contributed by atoms with E-state index in [4.69, 9.17) is 0 Å². The van der Waals surface area contributed by atoms with Gasteiger partial charge in [-0.3, -0.25) is 4.90 Å². The normalized spacial score (nSPS) is 20.0. The first kappa shape index (κ1) is 12.6. The van der Waals surface area contributed by atoms with E-state index in [1.165, 1.54) is 44.5 Å². The van der Waals surface area contributed by atoms with Crippen molar-refractivity contribution in [2.45, 2.75) is 38.8 Å². The number of hydrogen-bond acceptors (Lipinski definition) is 2. The predicted molar refractivity (Wildman–Crippen MR) is 73.0 cm³/mol. The van der Waals surface area contributed by atoms with E-state index in [-0.39, 0.29) is 0 Å². The van der Waals surface area contributed by atoms with Crippen molar-refractivity contribution < 1.29 is 0 Å². The maximum Gasteiger partial charge on any atom is 0.0234 e. The second-order valence-electron chi connectivity index (χ2n) is 5.01. The number of benzene rings is 1.